The Morgan fingerprint density at radius 1 is 1.30 bits per heavy atom. The molecule has 3 rings (SSSR count). The Hall–Kier alpha value is -2.21. The maximum Gasteiger partial charge on any atom is 0.220 e. The Bertz CT molecular complexity index is 641. The fourth-order valence-corrected chi connectivity index (χ4v) is 2.95. The standard InChI is InChI=1S/C17H22N4O2/c1-21-15(6-9-19-21)2-3-17(22)20-16-12-23-11-14(16)10-13-4-7-18-8-5-13/h4-9,14,16H,2-3,10-12H2,1H3,(H,20,22)/t14-,16-/m1/s1. The van der Waals surface area contributed by atoms with E-state index in [1.54, 1.807) is 23.3 Å². The Balaban J connectivity index is 1.50. The summed E-state index contributed by atoms with van der Waals surface area (Å²) in [6.07, 6.45) is 7.42. The van der Waals surface area contributed by atoms with Gasteiger partial charge in [0.2, 0.25) is 5.91 Å². The molecule has 3 heterocycles. The van der Waals surface area contributed by atoms with Crippen LogP contribution in [-0.2, 0) is 29.4 Å². The summed E-state index contributed by atoms with van der Waals surface area (Å²) in [4.78, 5) is 16.2. The lowest BCUT2D eigenvalue weighted by molar-refractivity contribution is -0.122. The highest BCUT2D eigenvalue weighted by Gasteiger charge is 2.29. The van der Waals surface area contributed by atoms with Crippen molar-refractivity contribution < 1.29 is 9.53 Å². The topological polar surface area (TPSA) is 69.0 Å². The zero-order valence-electron chi connectivity index (χ0n) is 13.3. The molecule has 122 valence electrons. The Kier molecular flexibility index (Phi) is 5.02. The van der Waals surface area contributed by atoms with Gasteiger partial charge in [-0.15, -0.1) is 0 Å². The Morgan fingerprint density at radius 3 is 2.87 bits per heavy atom. The minimum absolute atomic E-state index is 0.0708. The lowest BCUT2D eigenvalue weighted by Crippen LogP contribution is -2.40. The average Bonchev–Trinajstić information content (AvgIpc) is 3.16. The van der Waals surface area contributed by atoms with Crippen molar-refractivity contribution in [2.45, 2.75) is 25.3 Å². The van der Waals surface area contributed by atoms with Crippen molar-refractivity contribution >= 4 is 5.91 Å². The molecule has 0 radical (unpaired) electrons. The molecule has 0 aliphatic carbocycles. The van der Waals surface area contributed by atoms with Gasteiger partial charge in [-0.1, -0.05) is 0 Å². The van der Waals surface area contributed by atoms with Gasteiger partial charge in [-0.25, -0.2) is 0 Å². The summed E-state index contributed by atoms with van der Waals surface area (Å²) in [5.41, 5.74) is 2.29. The molecule has 0 saturated carbocycles. The van der Waals surface area contributed by atoms with Crippen LogP contribution in [0.25, 0.3) is 0 Å². The number of ether oxygens (including phenoxy) is 1. The summed E-state index contributed by atoms with van der Waals surface area (Å²) in [5.74, 6) is 0.388. The van der Waals surface area contributed by atoms with Gasteiger partial charge in [-0.2, -0.15) is 5.10 Å². The van der Waals surface area contributed by atoms with Crippen LogP contribution in [0, 0.1) is 5.92 Å². The van der Waals surface area contributed by atoms with Crippen molar-refractivity contribution in [3.8, 4) is 0 Å². The van der Waals surface area contributed by atoms with Gasteiger partial charge < -0.3 is 10.1 Å². The molecule has 1 aliphatic heterocycles. The van der Waals surface area contributed by atoms with Crippen molar-refractivity contribution in [1.29, 1.82) is 0 Å². The number of carbonyl (C=O) groups excluding carboxylic acids is 1. The van der Waals surface area contributed by atoms with Crippen LogP contribution in [0.2, 0.25) is 0 Å². The predicted molar refractivity (Wildman–Crippen MR) is 85.7 cm³/mol. The number of hydrogen-bond acceptors (Lipinski definition) is 4. The van der Waals surface area contributed by atoms with Gasteiger partial charge in [0, 0.05) is 43.7 Å². The second kappa shape index (κ2) is 7.37. The first kappa shape index (κ1) is 15.7. The maximum atomic E-state index is 12.2. The third-order valence-corrected chi connectivity index (χ3v) is 4.32. The molecule has 1 amide bonds. The van der Waals surface area contributed by atoms with Gasteiger partial charge >= 0.3 is 0 Å². The average molecular weight is 314 g/mol. The third-order valence-electron chi connectivity index (χ3n) is 4.32. The van der Waals surface area contributed by atoms with E-state index in [1.807, 2.05) is 25.2 Å². The van der Waals surface area contributed by atoms with Crippen molar-refractivity contribution in [2.75, 3.05) is 13.2 Å². The minimum atomic E-state index is 0.0708. The highest BCUT2D eigenvalue weighted by Crippen LogP contribution is 2.19. The molecule has 1 fully saturated rings. The monoisotopic (exact) mass is 314 g/mol. The summed E-state index contributed by atoms with van der Waals surface area (Å²) in [7, 11) is 1.89. The van der Waals surface area contributed by atoms with Crippen molar-refractivity contribution in [3.63, 3.8) is 0 Å². The predicted octanol–water partition coefficient (Wildman–Crippen LogP) is 1.12. The Labute approximate surface area is 135 Å². The van der Waals surface area contributed by atoms with E-state index in [9.17, 15) is 4.79 Å². The zero-order valence-corrected chi connectivity index (χ0v) is 13.3. The van der Waals surface area contributed by atoms with E-state index in [4.69, 9.17) is 4.74 Å². The fraction of sp³-hybridized carbons (Fsp3) is 0.471. The summed E-state index contributed by atoms with van der Waals surface area (Å²) in [5, 5.41) is 7.24. The molecule has 0 spiro atoms. The number of pyridine rings is 1. The van der Waals surface area contributed by atoms with Gasteiger partial charge in [0.25, 0.3) is 0 Å². The summed E-state index contributed by atoms with van der Waals surface area (Å²) in [6, 6.07) is 6.06. The lowest BCUT2D eigenvalue weighted by Gasteiger charge is -2.19. The molecule has 2 aromatic heterocycles. The number of carbonyl (C=O) groups is 1. The van der Waals surface area contributed by atoms with Crippen LogP contribution < -0.4 is 5.32 Å². The van der Waals surface area contributed by atoms with Gasteiger partial charge in [0.15, 0.2) is 0 Å². The van der Waals surface area contributed by atoms with Crippen molar-refractivity contribution in [1.82, 2.24) is 20.1 Å². The number of rotatable bonds is 6. The molecule has 6 nitrogen and oxygen atoms in total. The minimum Gasteiger partial charge on any atom is -0.379 e. The van der Waals surface area contributed by atoms with E-state index < -0.39 is 0 Å². The molecular formula is C17H22N4O2. The zero-order chi connectivity index (χ0) is 16.1. The molecule has 0 bridgehead atoms. The van der Waals surface area contributed by atoms with E-state index >= 15 is 0 Å². The first-order valence-electron chi connectivity index (χ1n) is 7.95. The molecule has 1 aliphatic rings. The van der Waals surface area contributed by atoms with E-state index in [2.05, 4.69) is 15.4 Å². The second-order valence-corrected chi connectivity index (χ2v) is 5.98. The molecule has 0 unspecified atom stereocenters. The molecule has 1 saturated heterocycles. The van der Waals surface area contributed by atoms with Crippen molar-refractivity contribution in [3.05, 3.63) is 48.0 Å². The molecule has 1 N–H and O–H groups in total. The smallest absolute Gasteiger partial charge is 0.220 e. The molecule has 2 atom stereocenters. The van der Waals surface area contributed by atoms with Gasteiger partial charge in [0.05, 0.1) is 19.3 Å². The number of aryl methyl sites for hydroxylation is 2. The quantitative estimate of drug-likeness (QED) is 0.867. The van der Waals surface area contributed by atoms with E-state index in [1.165, 1.54) is 5.56 Å². The second-order valence-electron chi connectivity index (χ2n) is 5.98. The molecule has 6 heteroatoms. The number of nitrogens with one attached hydrogen (secondary N) is 1. The van der Waals surface area contributed by atoms with Gasteiger partial charge in [-0.05, 0) is 36.6 Å². The lowest BCUT2D eigenvalue weighted by atomic mass is 9.95. The van der Waals surface area contributed by atoms with E-state index in [-0.39, 0.29) is 11.9 Å². The fourth-order valence-electron chi connectivity index (χ4n) is 2.95. The van der Waals surface area contributed by atoms with Gasteiger partial charge in [0.1, 0.15) is 0 Å². The molecule has 2 aromatic rings. The Morgan fingerprint density at radius 2 is 2.13 bits per heavy atom. The van der Waals surface area contributed by atoms with Crippen LogP contribution in [-0.4, -0.2) is 39.9 Å². The van der Waals surface area contributed by atoms with Gasteiger partial charge in [-0.3, -0.25) is 14.5 Å². The van der Waals surface area contributed by atoms with Crippen LogP contribution >= 0.6 is 0 Å². The normalized spacial score (nSPS) is 20.6. The van der Waals surface area contributed by atoms with Crippen LogP contribution in [0.5, 0.6) is 0 Å². The highest BCUT2D eigenvalue weighted by atomic mass is 16.5. The van der Waals surface area contributed by atoms with E-state index in [0.717, 1.165) is 12.1 Å². The van der Waals surface area contributed by atoms with Crippen LogP contribution in [0.3, 0.4) is 0 Å². The SMILES string of the molecule is Cn1nccc1CCC(=O)N[C@@H]1COC[C@H]1Cc1ccncc1. The number of amides is 1. The van der Waals surface area contributed by atoms with E-state index in [0.29, 0.717) is 32.0 Å². The number of aromatic nitrogens is 3. The maximum absolute atomic E-state index is 12.2. The number of hydrogen-bond donors (Lipinski definition) is 1. The van der Waals surface area contributed by atoms with Crippen molar-refractivity contribution in [2.24, 2.45) is 13.0 Å². The molecule has 0 aromatic carbocycles. The summed E-state index contributed by atoms with van der Waals surface area (Å²) >= 11 is 0. The van der Waals surface area contributed by atoms with Crippen LogP contribution in [0.1, 0.15) is 17.7 Å². The summed E-state index contributed by atoms with van der Waals surface area (Å²) < 4.78 is 7.37. The first-order chi connectivity index (χ1) is 11.2. The summed E-state index contributed by atoms with van der Waals surface area (Å²) in [6.45, 7) is 1.28. The largest absolute Gasteiger partial charge is 0.379 e. The first-order valence-corrected chi connectivity index (χ1v) is 7.95. The third kappa shape index (κ3) is 4.16. The highest BCUT2D eigenvalue weighted by molar-refractivity contribution is 5.76. The number of nitrogens with zero attached hydrogens (tertiary/aromatic N) is 3. The molecule has 23 heavy (non-hydrogen) atoms. The van der Waals surface area contributed by atoms with Crippen LogP contribution in [0.15, 0.2) is 36.8 Å². The van der Waals surface area contributed by atoms with Crippen LogP contribution in [0.4, 0.5) is 0 Å². The molecular weight excluding hydrogens is 292 g/mol.